The lowest BCUT2D eigenvalue weighted by atomic mass is 9.86. The summed E-state index contributed by atoms with van der Waals surface area (Å²) in [7, 11) is 0. The van der Waals surface area contributed by atoms with E-state index in [1.54, 1.807) is 17.7 Å². The summed E-state index contributed by atoms with van der Waals surface area (Å²) >= 11 is 1.77. The predicted octanol–water partition coefficient (Wildman–Crippen LogP) is 1.81. The molecule has 124 valence electrons. The van der Waals surface area contributed by atoms with Crippen LogP contribution in [0.4, 0.5) is 5.95 Å². The largest absolute Gasteiger partial charge is 0.369 e. The fourth-order valence-corrected chi connectivity index (χ4v) is 5.18. The number of fused-ring (bicyclic) bond motifs is 3. The number of ether oxygens (including phenoxy) is 1. The van der Waals surface area contributed by atoms with Gasteiger partial charge < -0.3 is 20.8 Å². The monoisotopic (exact) mass is 342 g/mol. The van der Waals surface area contributed by atoms with E-state index < -0.39 is 0 Å². The van der Waals surface area contributed by atoms with Crippen LogP contribution in [-0.4, -0.2) is 39.6 Å². The van der Waals surface area contributed by atoms with Crippen molar-refractivity contribution in [3.8, 4) is 10.6 Å². The van der Waals surface area contributed by atoms with Crippen molar-refractivity contribution < 1.29 is 4.74 Å². The van der Waals surface area contributed by atoms with Crippen molar-refractivity contribution in [2.75, 3.05) is 25.4 Å². The molecule has 2 aliphatic rings. The number of hydrogen-bond donors (Lipinski definition) is 3. The van der Waals surface area contributed by atoms with Gasteiger partial charge in [0.25, 0.3) is 0 Å². The molecule has 0 aliphatic carbocycles. The third-order valence-corrected chi connectivity index (χ3v) is 6.29. The SMILES string of the molecule is Nc1nc(-c2cc3c(s2)C2(CCNCC2)OCC3)c2[nH]cnc2n1. The number of H-pyrrole nitrogens is 1. The number of nitrogen functional groups attached to an aromatic ring is 1. The average molecular weight is 342 g/mol. The molecule has 0 radical (unpaired) electrons. The number of rotatable bonds is 1. The van der Waals surface area contributed by atoms with Gasteiger partial charge in [0, 0.05) is 4.88 Å². The molecule has 5 heterocycles. The molecule has 8 heteroatoms. The van der Waals surface area contributed by atoms with Crippen LogP contribution in [0, 0.1) is 0 Å². The molecule has 0 amide bonds. The summed E-state index contributed by atoms with van der Waals surface area (Å²) in [5.74, 6) is 0.254. The number of hydrogen-bond acceptors (Lipinski definition) is 7. The van der Waals surface area contributed by atoms with Gasteiger partial charge in [0.15, 0.2) is 5.65 Å². The maximum absolute atomic E-state index is 6.27. The lowest BCUT2D eigenvalue weighted by Crippen LogP contribution is -2.43. The van der Waals surface area contributed by atoms with Crippen LogP contribution in [0.5, 0.6) is 0 Å². The van der Waals surface area contributed by atoms with E-state index >= 15 is 0 Å². The molecule has 1 saturated heterocycles. The predicted molar refractivity (Wildman–Crippen MR) is 92.8 cm³/mol. The second-order valence-corrected chi connectivity index (χ2v) is 7.39. The molecule has 0 unspecified atom stereocenters. The number of nitrogens with two attached hydrogens (primary N) is 1. The minimum absolute atomic E-state index is 0.132. The third kappa shape index (κ3) is 2.07. The Morgan fingerprint density at radius 2 is 2.12 bits per heavy atom. The summed E-state index contributed by atoms with van der Waals surface area (Å²) in [6.45, 7) is 2.78. The van der Waals surface area contributed by atoms with E-state index in [0.29, 0.717) is 5.65 Å². The van der Waals surface area contributed by atoms with E-state index in [4.69, 9.17) is 10.5 Å². The fraction of sp³-hybridized carbons (Fsp3) is 0.438. The highest BCUT2D eigenvalue weighted by molar-refractivity contribution is 7.15. The van der Waals surface area contributed by atoms with Crippen LogP contribution in [0.25, 0.3) is 21.7 Å². The van der Waals surface area contributed by atoms with Crippen LogP contribution < -0.4 is 11.1 Å². The Morgan fingerprint density at radius 3 is 3.00 bits per heavy atom. The highest BCUT2D eigenvalue weighted by Crippen LogP contribution is 2.46. The van der Waals surface area contributed by atoms with Crippen LogP contribution in [0.1, 0.15) is 23.3 Å². The second-order valence-electron chi connectivity index (χ2n) is 6.34. The van der Waals surface area contributed by atoms with Crippen molar-refractivity contribution in [3.63, 3.8) is 0 Å². The zero-order chi connectivity index (χ0) is 16.1. The van der Waals surface area contributed by atoms with Crippen molar-refractivity contribution in [3.05, 3.63) is 22.8 Å². The first-order valence-corrected chi connectivity index (χ1v) is 9.02. The molecule has 2 aliphatic heterocycles. The van der Waals surface area contributed by atoms with Gasteiger partial charge in [-0.25, -0.2) is 9.97 Å². The molecule has 5 rings (SSSR count). The summed E-state index contributed by atoms with van der Waals surface area (Å²) in [6, 6.07) is 2.24. The second kappa shape index (κ2) is 5.23. The number of imidazole rings is 1. The van der Waals surface area contributed by atoms with Crippen LogP contribution in [0.2, 0.25) is 0 Å². The minimum atomic E-state index is -0.132. The summed E-state index contributed by atoms with van der Waals surface area (Å²) < 4.78 is 6.27. The summed E-state index contributed by atoms with van der Waals surface area (Å²) in [5, 5.41) is 3.43. The Labute approximate surface area is 142 Å². The average Bonchev–Trinajstić information content (AvgIpc) is 3.22. The maximum atomic E-state index is 6.27. The molecule has 24 heavy (non-hydrogen) atoms. The number of thiophene rings is 1. The van der Waals surface area contributed by atoms with Gasteiger partial charge in [-0.2, -0.15) is 4.98 Å². The van der Waals surface area contributed by atoms with Gasteiger partial charge in [0.1, 0.15) is 16.8 Å². The van der Waals surface area contributed by atoms with Crippen molar-refractivity contribution >= 4 is 28.4 Å². The van der Waals surface area contributed by atoms with E-state index in [2.05, 4.69) is 31.3 Å². The minimum Gasteiger partial charge on any atom is -0.369 e. The van der Waals surface area contributed by atoms with Crippen molar-refractivity contribution in [2.24, 2.45) is 0 Å². The van der Waals surface area contributed by atoms with Crippen molar-refractivity contribution in [1.82, 2.24) is 25.3 Å². The molecular weight excluding hydrogens is 324 g/mol. The van der Waals surface area contributed by atoms with Crippen LogP contribution >= 0.6 is 11.3 Å². The first kappa shape index (κ1) is 14.3. The van der Waals surface area contributed by atoms with Crippen molar-refractivity contribution in [2.45, 2.75) is 24.9 Å². The van der Waals surface area contributed by atoms with E-state index in [9.17, 15) is 0 Å². The molecule has 1 fully saturated rings. The Kier molecular flexibility index (Phi) is 3.12. The molecule has 0 bridgehead atoms. The standard InChI is InChI=1S/C16H18N6OS/c17-15-21-11(12-14(22-15)20-8-19-12)10-7-9-1-6-23-16(13(9)24-10)2-4-18-5-3-16/h7-8,18H,1-6H2,(H3,17,19,20,21,22). The quantitative estimate of drug-likeness (QED) is 0.623. The molecule has 0 aromatic carbocycles. The first-order valence-electron chi connectivity index (χ1n) is 8.20. The summed E-state index contributed by atoms with van der Waals surface area (Å²) in [5.41, 5.74) is 9.40. The van der Waals surface area contributed by atoms with Gasteiger partial charge in [-0.15, -0.1) is 11.3 Å². The van der Waals surface area contributed by atoms with Gasteiger partial charge in [-0.05, 0) is 44.0 Å². The van der Waals surface area contributed by atoms with E-state index in [-0.39, 0.29) is 11.5 Å². The third-order valence-electron chi connectivity index (χ3n) is 4.92. The molecule has 0 saturated carbocycles. The lowest BCUT2D eigenvalue weighted by Gasteiger charge is -2.40. The zero-order valence-electron chi connectivity index (χ0n) is 13.1. The van der Waals surface area contributed by atoms with Gasteiger partial charge in [-0.1, -0.05) is 0 Å². The number of nitrogens with zero attached hydrogens (tertiary/aromatic N) is 3. The maximum Gasteiger partial charge on any atom is 0.222 e. The van der Waals surface area contributed by atoms with Gasteiger partial charge in [0.05, 0.1) is 17.8 Å². The zero-order valence-corrected chi connectivity index (χ0v) is 13.9. The molecule has 1 spiro atoms. The molecule has 0 atom stereocenters. The molecular formula is C16H18N6OS. The van der Waals surface area contributed by atoms with Crippen molar-refractivity contribution in [1.29, 1.82) is 0 Å². The van der Waals surface area contributed by atoms with Crippen LogP contribution in [-0.2, 0) is 16.8 Å². The smallest absolute Gasteiger partial charge is 0.222 e. The van der Waals surface area contributed by atoms with Gasteiger partial charge in [0.2, 0.25) is 5.95 Å². The van der Waals surface area contributed by atoms with Crippen LogP contribution in [0.15, 0.2) is 12.4 Å². The molecule has 4 N–H and O–H groups in total. The number of aromatic amines is 1. The fourth-order valence-electron chi connectivity index (χ4n) is 3.77. The van der Waals surface area contributed by atoms with E-state index in [1.807, 2.05) is 0 Å². The molecule has 3 aromatic heterocycles. The number of aromatic nitrogens is 4. The first-order chi connectivity index (χ1) is 11.8. The number of piperidine rings is 1. The Bertz CT molecular complexity index is 911. The summed E-state index contributed by atoms with van der Waals surface area (Å²) in [6.07, 6.45) is 4.62. The summed E-state index contributed by atoms with van der Waals surface area (Å²) in [4.78, 5) is 18.5. The Balaban J connectivity index is 1.67. The lowest BCUT2D eigenvalue weighted by molar-refractivity contribution is -0.0771. The van der Waals surface area contributed by atoms with E-state index in [1.165, 1.54) is 10.4 Å². The highest BCUT2D eigenvalue weighted by atomic mass is 32.1. The molecule has 3 aromatic rings. The van der Waals surface area contributed by atoms with Gasteiger partial charge >= 0.3 is 0 Å². The topological polar surface area (TPSA) is 102 Å². The number of anilines is 1. The van der Waals surface area contributed by atoms with E-state index in [0.717, 1.165) is 55.0 Å². The molecule has 7 nitrogen and oxygen atoms in total. The highest BCUT2D eigenvalue weighted by Gasteiger charge is 2.41. The van der Waals surface area contributed by atoms with Gasteiger partial charge in [-0.3, -0.25) is 0 Å². The normalized spacial score (nSPS) is 19.7. The van der Waals surface area contributed by atoms with Crippen LogP contribution in [0.3, 0.4) is 0 Å². The Hall–Kier alpha value is -2.03. The Morgan fingerprint density at radius 1 is 1.25 bits per heavy atom. The number of nitrogens with one attached hydrogen (secondary N) is 2.